The van der Waals surface area contributed by atoms with Gasteiger partial charge in [0.25, 0.3) is 5.92 Å². The summed E-state index contributed by atoms with van der Waals surface area (Å²) in [6.45, 7) is 4.14. The van der Waals surface area contributed by atoms with Crippen molar-refractivity contribution in [1.82, 2.24) is 19.4 Å². The van der Waals surface area contributed by atoms with Crippen molar-refractivity contribution in [2.45, 2.75) is 38.7 Å². The molecule has 0 radical (unpaired) electrons. The third-order valence-corrected chi connectivity index (χ3v) is 6.60. The number of benzene rings is 1. The van der Waals surface area contributed by atoms with Crippen molar-refractivity contribution in [3.63, 3.8) is 0 Å². The van der Waals surface area contributed by atoms with Crippen LogP contribution in [-0.4, -0.2) is 44.7 Å². The molecular formula is C25H22ClF2N7O. The van der Waals surface area contributed by atoms with Gasteiger partial charge in [-0.15, -0.1) is 0 Å². The highest BCUT2D eigenvalue weighted by molar-refractivity contribution is 6.29. The molecule has 1 aliphatic rings. The first-order chi connectivity index (χ1) is 17.2. The van der Waals surface area contributed by atoms with Crippen molar-refractivity contribution < 1.29 is 13.6 Å². The Kier molecular flexibility index (Phi) is 5.96. The van der Waals surface area contributed by atoms with E-state index in [0.29, 0.717) is 29.1 Å². The van der Waals surface area contributed by atoms with Crippen LogP contribution in [-0.2, 0) is 0 Å². The second kappa shape index (κ2) is 8.99. The molecule has 1 aliphatic heterocycles. The van der Waals surface area contributed by atoms with E-state index in [1.807, 2.05) is 30.9 Å². The Morgan fingerprint density at radius 2 is 1.97 bits per heavy atom. The molecule has 1 saturated heterocycles. The van der Waals surface area contributed by atoms with Gasteiger partial charge in [0.15, 0.2) is 17.6 Å². The average molecular weight is 510 g/mol. The van der Waals surface area contributed by atoms with Crippen LogP contribution >= 0.6 is 11.6 Å². The largest absolute Gasteiger partial charge is 0.377 e. The summed E-state index contributed by atoms with van der Waals surface area (Å²) in [6, 6.07) is 8.96. The number of hydrogen-bond acceptors (Lipinski definition) is 7. The highest BCUT2D eigenvalue weighted by Gasteiger charge is 2.35. The maximum atomic E-state index is 13.9. The Morgan fingerprint density at radius 3 is 2.67 bits per heavy atom. The van der Waals surface area contributed by atoms with Gasteiger partial charge in [-0.25, -0.2) is 23.7 Å². The summed E-state index contributed by atoms with van der Waals surface area (Å²) in [5, 5.41) is 13.8. The topological polar surface area (TPSA) is 99.2 Å². The van der Waals surface area contributed by atoms with Crippen LogP contribution in [0.1, 0.15) is 53.1 Å². The molecule has 4 heterocycles. The van der Waals surface area contributed by atoms with Gasteiger partial charge in [-0.05, 0) is 37.6 Å². The second-order valence-corrected chi connectivity index (χ2v) is 9.37. The lowest BCUT2D eigenvalue weighted by molar-refractivity contribution is -0.0222. The van der Waals surface area contributed by atoms with Crippen LogP contribution < -0.4 is 10.2 Å². The van der Waals surface area contributed by atoms with Gasteiger partial charge in [0.05, 0.1) is 23.4 Å². The van der Waals surface area contributed by atoms with E-state index in [9.17, 15) is 18.8 Å². The number of pyridine rings is 1. The van der Waals surface area contributed by atoms with Crippen molar-refractivity contribution in [1.29, 1.82) is 5.26 Å². The fourth-order valence-electron chi connectivity index (χ4n) is 4.59. The quantitative estimate of drug-likeness (QED) is 0.286. The standard InChI is InChI=1S/C25H22ClF2N7O/c1-14-9-17(15(2)30-19-3-4-21(26)32-20(19)13-36)22-18(10-14)23-31-16(11-29)12-35(23)24(33-22)34-7-5-25(27,28)6-8-34/h3-4,9-10,12-13,15,30H,5-8H2,1-2H3. The van der Waals surface area contributed by atoms with E-state index in [1.165, 1.54) is 0 Å². The Hall–Kier alpha value is -3.84. The summed E-state index contributed by atoms with van der Waals surface area (Å²) in [6.07, 6.45) is 1.67. The first-order valence-electron chi connectivity index (χ1n) is 11.4. The van der Waals surface area contributed by atoms with Gasteiger partial charge >= 0.3 is 0 Å². The Morgan fingerprint density at radius 1 is 1.22 bits per heavy atom. The van der Waals surface area contributed by atoms with E-state index >= 15 is 0 Å². The summed E-state index contributed by atoms with van der Waals surface area (Å²) in [4.78, 5) is 26.8. The number of imidazole rings is 1. The number of rotatable bonds is 5. The Balaban J connectivity index is 1.67. The number of aromatic nitrogens is 4. The summed E-state index contributed by atoms with van der Waals surface area (Å²) < 4.78 is 29.5. The molecule has 1 fully saturated rings. The molecule has 8 nitrogen and oxygen atoms in total. The number of hydrogen-bond donors (Lipinski definition) is 1. The number of carbonyl (C=O) groups excluding carboxylic acids is 1. The number of aryl methyl sites for hydroxylation is 1. The zero-order chi connectivity index (χ0) is 25.6. The van der Waals surface area contributed by atoms with E-state index in [-0.39, 0.29) is 48.5 Å². The third-order valence-electron chi connectivity index (χ3n) is 6.39. The highest BCUT2D eigenvalue weighted by atomic mass is 35.5. The van der Waals surface area contributed by atoms with E-state index in [1.54, 1.807) is 22.7 Å². The van der Waals surface area contributed by atoms with Crippen LogP contribution in [0, 0.1) is 18.3 Å². The highest BCUT2D eigenvalue weighted by Crippen LogP contribution is 2.35. The van der Waals surface area contributed by atoms with Crippen molar-refractivity contribution in [2.24, 2.45) is 0 Å². The SMILES string of the molecule is Cc1cc(C(C)Nc2ccc(Cl)nc2C=O)c2nc(N3CCC(F)(F)CC3)n3cc(C#N)nc3c2c1. The van der Waals surface area contributed by atoms with Crippen LogP contribution in [0.4, 0.5) is 20.4 Å². The third kappa shape index (κ3) is 4.31. The number of nitrogens with zero attached hydrogens (tertiary/aromatic N) is 6. The van der Waals surface area contributed by atoms with Crippen molar-refractivity contribution in [2.75, 3.05) is 23.3 Å². The monoisotopic (exact) mass is 509 g/mol. The maximum Gasteiger partial charge on any atom is 0.251 e. The molecular weight excluding hydrogens is 488 g/mol. The summed E-state index contributed by atoms with van der Waals surface area (Å²) in [7, 11) is 0. The number of alkyl halides is 2. The first-order valence-corrected chi connectivity index (χ1v) is 11.8. The minimum Gasteiger partial charge on any atom is -0.377 e. The first kappa shape index (κ1) is 23.9. The van der Waals surface area contributed by atoms with E-state index in [4.69, 9.17) is 16.6 Å². The van der Waals surface area contributed by atoms with Gasteiger partial charge in [-0.3, -0.25) is 9.20 Å². The molecule has 184 valence electrons. The molecule has 36 heavy (non-hydrogen) atoms. The zero-order valence-corrected chi connectivity index (χ0v) is 20.4. The van der Waals surface area contributed by atoms with Crippen molar-refractivity contribution in [3.8, 4) is 6.07 Å². The lowest BCUT2D eigenvalue weighted by Gasteiger charge is -2.33. The number of carbonyl (C=O) groups is 1. The predicted molar refractivity (Wildman–Crippen MR) is 133 cm³/mol. The molecule has 4 aromatic rings. The van der Waals surface area contributed by atoms with Crippen LogP contribution in [0.15, 0.2) is 30.5 Å². The number of halogens is 3. The molecule has 0 spiro atoms. The van der Waals surface area contributed by atoms with Crippen LogP contribution in [0.3, 0.4) is 0 Å². The van der Waals surface area contributed by atoms with Crippen LogP contribution in [0.5, 0.6) is 0 Å². The lowest BCUT2D eigenvalue weighted by Crippen LogP contribution is -2.40. The van der Waals surface area contributed by atoms with Crippen LogP contribution in [0.25, 0.3) is 16.6 Å². The molecule has 1 N–H and O–H groups in total. The molecule has 0 aliphatic carbocycles. The Labute approximate surface area is 210 Å². The average Bonchev–Trinajstić information content (AvgIpc) is 3.29. The fourth-order valence-corrected chi connectivity index (χ4v) is 4.75. The molecule has 1 unspecified atom stereocenters. The Bertz CT molecular complexity index is 1540. The molecule has 0 bridgehead atoms. The smallest absolute Gasteiger partial charge is 0.251 e. The van der Waals surface area contributed by atoms with Gasteiger partial charge in [0.1, 0.15) is 16.9 Å². The van der Waals surface area contributed by atoms with E-state index < -0.39 is 5.92 Å². The fraction of sp³-hybridized carbons (Fsp3) is 0.320. The second-order valence-electron chi connectivity index (χ2n) is 8.99. The molecule has 5 rings (SSSR count). The van der Waals surface area contributed by atoms with Gasteiger partial charge in [0, 0.05) is 36.9 Å². The zero-order valence-electron chi connectivity index (χ0n) is 19.6. The minimum atomic E-state index is -2.71. The number of fused-ring (bicyclic) bond motifs is 3. The molecule has 0 amide bonds. The molecule has 3 aromatic heterocycles. The number of nitrogens with one attached hydrogen (secondary N) is 1. The number of nitriles is 1. The van der Waals surface area contributed by atoms with Crippen molar-refractivity contribution in [3.05, 3.63) is 58.1 Å². The molecule has 11 heteroatoms. The molecule has 1 atom stereocenters. The number of anilines is 2. The van der Waals surface area contributed by atoms with Gasteiger partial charge in [-0.1, -0.05) is 17.7 Å². The molecule has 0 saturated carbocycles. The van der Waals surface area contributed by atoms with Crippen molar-refractivity contribution >= 4 is 46.1 Å². The van der Waals surface area contributed by atoms with Gasteiger partial charge in [-0.2, -0.15) is 5.26 Å². The number of piperidine rings is 1. The summed E-state index contributed by atoms with van der Waals surface area (Å²) in [5.41, 5.74) is 3.85. The summed E-state index contributed by atoms with van der Waals surface area (Å²) in [5.74, 6) is -2.25. The number of aldehydes is 1. The van der Waals surface area contributed by atoms with Gasteiger partial charge in [0.2, 0.25) is 5.95 Å². The van der Waals surface area contributed by atoms with Gasteiger partial charge < -0.3 is 10.2 Å². The lowest BCUT2D eigenvalue weighted by atomic mass is 10.0. The maximum absolute atomic E-state index is 13.9. The normalized spacial score (nSPS) is 16.2. The molecule has 1 aromatic carbocycles. The van der Waals surface area contributed by atoms with E-state index in [0.717, 1.165) is 16.5 Å². The predicted octanol–water partition coefficient (Wildman–Crippen LogP) is 5.33. The minimum absolute atomic E-state index is 0.134. The van der Waals surface area contributed by atoms with E-state index in [2.05, 4.69) is 21.4 Å². The summed E-state index contributed by atoms with van der Waals surface area (Å²) >= 11 is 5.93. The van der Waals surface area contributed by atoms with Crippen LogP contribution in [0.2, 0.25) is 5.15 Å².